The second kappa shape index (κ2) is 6.40. The van der Waals surface area contributed by atoms with Crippen molar-refractivity contribution in [2.75, 3.05) is 0 Å². The Hall–Kier alpha value is -3.13. The highest BCUT2D eigenvalue weighted by Gasteiger charge is 2.05. The summed E-state index contributed by atoms with van der Waals surface area (Å²) in [5.74, 6) is 0.695. The van der Waals surface area contributed by atoms with Gasteiger partial charge in [0.2, 0.25) is 0 Å². The predicted molar refractivity (Wildman–Crippen MR) is 95.0 cm³/mol. The molecule has 0 aliphatic heterocycles. The molecule has 0 N–H and O–H groups in total. The van der Waals surface area contributed by atoms with Crippen LogP contribution in [0.25, 0.3) is 16.7 Å². The second-order valence-electron chi connectivity index (χ2n) is 5.44. The average molecular weight is 350 g/mol. The number of hydrogen-bond donors (Lipinski definition) is 0. The number of hydrogen-bond acceptors (Lipinski definition) is 6. The van der Waals surface area contributed by atoms with E-state index in [0.717, 1.165) is 16.7 Å². The van der Waals surface area contributed by atoms with E-state index in [4.69, 9.17) is 17.0 Å². The van der Waals surface area contributed by atoms with Gasteiger partial charge in [0.15, 0.2) is 0 Å². The molecule has 0 aliphatic rings. The average Bonchev–Trinajstić information content (AvgIpc) is 3.07. The van der Waals surface area contributed by atoms with Crippen molar-refractivity contribution in [3.05, 3.63) is 65.5 Å². The third-order valence-corrected chi connectivity index (χ3v) is 4.02. The first-order valence-electron chi connectivity index (χ1n) is 7.60. The van der Waals surface area contributed by atoms with E-state index in [0.29, 0.717) is 16.0 Å². The Morgan fingerprint density at radius 3 is 2.76 bits per heavy atom. The predicted octanol–water partition coefficient (Wildman–Crippen LogP) is 2.86. The van der Waals surface area contributed by atoms with Crippen LogP contribution in [0.1, 0.15) is 5.69 Å². The Morgan fingerprint density at radius 1 is 1.12 bits per heavy atom. The maximum absolute atomic E-state index is 5.85. The van der Waals surface area contributed by atoms with E-state index in [1.165, 1.54) is 0 Å². The number of fused-ring (bicyclic) bond motifs is 1. The zero-order valence-corrected chi connectivity index (χ0v) is 14.2. The van der Waals surface area contributed by atoms with Gasteiger partial charge in [-0.05, 0) is 18.2 Å². The topological polar surface area (TPSA) is 70.7 Å². The lowest BCUT2D eigenvalue weighted by Crippen LogP contribution is -2.07. The van der Waals surface area contributed by atoms with Crippen molar-refractivity contribution in [2.45, 2.75) is 6.61 Å². The highest BCUT2D eigenvalue weighted by atomic mass is 32.1. The van der Waals surface area contributed by atoms with Crippen molar-refractivity contribution in [1.82, 2.24) is 29.5 Å². The van der Waals surface area contributed by atoms with Gasteiger partial charge in [0.05, 0.1) is 27.9 Å². The molecule has 7 nitrogen and oxygen atoms in total. The Balaban J connectivity index is 1.58. The normalized spacial score (nSPS) is 10.9. The van der Waals surface area contributed by atoms with Crippen LogP contribution in [0.5, 0.6) is 5.75 Å². The van der Waals surface area contributed by atoms with E-state index < -0.39 is 0 Å². The van der Waals surface area contributed by atoms with Crippen LogP contribution in [-0.4, -0.2) is 29.5 Å². The molecule has 124 valence electrons. The second-order valence-corrected chi connectivity index (χ2v) is 5.88. The van der Waals surface area contributed by atoms with Gasteiger partial charge in [-0.15, -0.1) is 0 Å². The van der Waals surface area contributed by atoms with Crippen molar-refractivity contribution in [1.29, 1.82) is 0 Å². The minimum Gasteiger partial charge on any atom is -0.487 e. The summed E-state index contributed by atoms with van der Waals surface area (Å²) in [5, 5.41) is 8.69. The molecule has 4 rings (SSSR count). The van der Waals surface area contributed by atoms with Gasteiger partial charge >= 0.3 is 0 Å². The van der Waals surface area contributed by atoms with E-state index in [1.807, 2.05) is 43.7 Å². The van der Waals surface area contributed by atoms with Crippen LogP contribution in [0.15, 0.2) is 55.2 Å². The summed E-state index contributed by atoms with van der Waals surface area (Å²) in [6.45, 7) is 0.270. The minimum absolute atomic E-state index is 0.270. The molecule has 0 bridgehead atoms. The van der Waals surface area contributed by atoms with E-state index in [9.17, 15) is 0 Å². The standard InChI is InChI=1S/C17H14N6OS/c1-22-10-12(9-20-22)23-7-4-17(25)16(21-23)11-24-13-2-3-14-15(8-13)19-6-5-18-14/h2-10H,11H2,1H3. The van der Waals surface area contributed by atoms with Gasteiger partial charge in [0.25, 0.3) is 0 Å². The van der Waals surface area contributed by atoms with Crippen molar-refractivity contribution in [3.8, 4) is 11.4 Å². The van der Waals surface area contributed by atoms with Crippen molar-refractivity contribution in [2.24, 2.45) is 7.05 Å². The fraction of sp³-hybridized carbons (Fsp3) is 0.118. The van der Waals surface area contributed by atoms with Gasteiger partial charge in [0.1, 0.15) is 23.7 Å². The smallest absolute Gasteiger partial charge is 0.133 e. The van der Waals surface area contributed by atoms with Crippen molar-refractivity contribution < 1.29 is 4.74 Å². The number of rotatable bonds is 4. The van der Waals surface area contributed by atoms with Crippen LogP contribution < -0.4 is 4.74 Å². The van der Waals surface area contributed by atoms with Crippen LogP contribution in [0.3, 0.4) is 0 Å². The van der Waals surface area contributed by atoms with Crippen molar-refractivity contribution >= 4 is 23.3 Å². The Kier molecular flexibility index (Phi) is 3.95. The minimum atomic E-state index is 0.270. The molecular weight excluding hydrogens is 336 g/mol. The molecule has 0 saturated heterocycles. The zero-order valence-electron chi connectivity index (χ0n) is 13.4. The van der Waals surface area contributed by atoms with Crippen LogP contribution in [0.2, 0.25) is 0 Å². The third-order valence-electron chi connectivity index (χ3n) is 3.65. The summed E-state index contributed by atoms with van der Waals surface area (Å²) < 4.78 is 9.95. The van der Waals surface area contributed by atoms with Gasteiger partial charge in [-0.1, -0.05) is 12.2 Å². The number of aryl methyl sites for hydroxylation is 1. The van der Waals surface area contributed by atoms with Crippen LogP contribution in [0.4, 0.5) is 0 Å². The molecule has 0 aliphatic carbocycles. The van der Waals surface area contributed by atoms with E-state index >= 15 is 0 Å². The summed E-state index contributed by atoms with van der Waals surface area (Å²) in [6.07, 6.45) is 8.75. The summed E-state index contributed by atoms with van der Waals surface area (Å²) in [6, 6.07) is 7.42. The first kappa shape index (κ1) is 15.4. The van der Waals surface area contributed by atoms with Crippen LogP contribution in [-0.2, 0) is 13.7 Å². The molecule has 0 atom stereocenters. The lowest BCUT2D eigenvalue weighted by molar-refractivity contribution is 0.298. The number of aromatic nitrogens is 6. The molecule has 25 heavy (non-hydrogen) atoms. The van der Waals surface area contributed by atoms with E-state index in [-0.39, 0.29) is 6.61 Å². The molecule has 0 saturated carbocycles. The molecule has 0 fully saturated rings. The van der Waals surface area contributed by atoms with Crippen LogP contribution in [0, 0.1) is 4.51 Å². The largest absolute Gasteiger partial charge is 0.487 e. The van der Waals surface area contributed by atoms with Gasteiger partial charge in [0, 0.05) is 31.7 Å². The zero-order chi connectivity index (χ0) is 17.2. The fourth-order valence-corrected chi connectivity index (χ4v) is 2.56. The van der Waals surface area contributed by atoms with Gasteiger partial charge in [-0.25, -0.2) is 4.68 Å². The Labute approximate surface area is 148 Å². The Morgan fingerprint density at radius 2 is 1.96 bits per heavy atom. The van der Waals surface area contributed by atoms with E-state index in [2.05, 4.69) is 20.2 Å². The molecule has 3 heterocycles. The van der Waals surface area contributed by atoms with Gasteiger partial charge in [-0.2, -0.15) is 10.2 Å². The maximum Gasteiger partial charge on any atom is 0.133 e. The van der Waals surface area contributed by atoms with E-state index in [1.54, 1.807) is 28.0 Å². The molecule has 8 heteroatoms. The summed E-state index contributed by atoms with van der Waals surface area (Å²) >= 11 is 5.36. The molecule has 0 amide bonds. The molecule has 0 unspecified atom stereocenters. The summed E-state index contributed by atoms with van der Waals surface area (Å²) in [5.41, 5.74) is 3.15. The fourth-order valence-electron chi connectivity index (χ4n) is 2.40. The lowest BCUT2D eigenvalue weighted by Gasteiger charge is -2.08. The molecule has 1 aromatic carbocycles. The lowest BCUT2D eigenvalue weighted by atomic mass is 10.3. The quantitative estimate of drug-likeness (QED) is 0.527. The third kappa shape index (κ3) is 3.24. The summed E-state index contributed by atoms with van der Waals surface area (Å²) in [4.78, 5) is 8.52. The van der Waals surface area contributed by atoms with Crippen LogP contribution >= 0.6 is 12.2 Å². The molecule has 0 spiro atoms. The number of ether oxygens (including phenoxy) is 1. The van der Waals surface area contributed by atoms with Crippen molar-refractivity contribution in [3.63, 3.8) is 0 Å². The molecule has 4 aromatic rings. The highest BCUT2D eigenvalue weighted by molar-refractivity contribution is 7.71. The van der Waals surface area contributed by atoms with Gasteiger partial charge < -0.3 is 4.74 Å². The maximum atomic E-state index is 5.85. The highest BCUT2D eigenvalue weighted by Crippen LogP contribution is 2.18. The molecule has 3 aromatic heterocycles. The molecular formula is C17H14N6OS. The Bertz CT molecular complexity index is 1100. The summed E-state index contributed by atoms with van der Waals surface area (Å²) in [7, 11) is 1.86. The number of benzene rings is 1. The SMILES string of the molecule is Cn1cc(-n2ccc(=S)c(COc3ccc4nccnc4c3)n2)cn1. The monoisotopic (exact) mass is 350 g/mol. The molecule has 0 radical (unpaired) electrons. The van der Waals surface area contributed by atoms with Gasteiger partial charge in [-0.3, -0.25) is 14.6 Å². The first-order chi connectivity index (χ1) is 12.2. The first-order valence-corrected chi connectivity index (χ1v) is 8.01. The number of nitrogens with zero attached hydrogens (tertiary/aromatic N) is 6.